The van der Waals surface area contributed by atoms with E-state index in [1.54, 1.807) is 0 Å². The zero-order chi connectivity index (χ0) is 36.5. The van der Waals surface area contributed by atoms with Crippen molar-refractivity contribution in [1.82, 2.24) is 0 Å². The van der Waals surface area contributed by atoms with Gasteiger partial charge in [0.05, 0.1) is 19.6 Å². The number of hydrogen-bond donors (Lipinski definition) is 2. The Hall–Kier alpha value is 0.119. The summed E-state index contributed by atoms with van der Waals surface area (Å²) in [4.78, 5) is 34.5. The van der Waals surface area contributed by atoms with Gasteiger partial charge < -0.3 is 16.0 Å². The van der Waals surface area contributed by atoms with Gasteiger partial charge in [-0.1, -0.05) is 163 Å². The molecule has 0 saturated heterocycles. The first-order chi connectivity index (χ1) is 23.0. The van der Waals surface area contributed by atoms with Crippen LogP contribution in [0.5, 0.6) is 0 Å². The van der Waals surface area contributed by atoms with Crippen LogP contribution in [-0.4, -0.2) is 78.4 Å². The Bertz CT molecular complexity index is 897. The number of carbonyl (C=O) groups excluding carboxylic acids is 2. The van der Waals surface area contributed by atoms with Gasteiger partial charge in [0.15, 0.2) is 5.25 Å². The molecule has 0 aliphatic rings. The molecule has 12 heteroatoms. The number of ether oxygens (including phenoxy) is 2. The Kier molecular flexibility index (Phi) is 45.8. The van der Waals surface area contributed by atoms with E-state index in [-0.39, 0.29) is 79.9 Å². The molecule has 0 aromatic rings. The van der Waals surface area contributed by atoms with Crippen LogP contribution in [0.15, 0.2) is 0 Å². The summed E-state index contributed by atoms with van der Waals surface area (Å²) in [6, 6.07) is 0. The minimum absolute atomic E-state index is 0. The number of carboxylic acids is 1. The molecule has 2 radical (unpaired) electrons. The third kappa shape index (κ3) is 37.9. The molecule has 294 valence electrons. The van der Waals surface area contributed by atoms with Crippen LogP contribution in [0.1, 0.15) is 197 Å². The summed E-state index contributed by atoms with van der Waals surface area (Å²) in [5.74, 6) is -2.26. The Morgan fingerprint density at radius 3 is 1.30 bits per heavy atom. The van der Waals surface area contributed by atoms with E-state index in [1.165, 1.54) is 83.5 Å². The monoisotopic (exact) mass is 852 g/mol. The van der Waals surface area contributed by atoms with Crippen LogP contribution in [-0.2, 0) is 34.0 Å². The summed E-state index contributed by atoms with van der Waals surface area (Å²) < 4.78 is 42.8. The molecule has 0 heterocycles. The summed E-state index contributed by atoms with van der Waals surface area (Å²) >= 11 is 0. The number of hydrogen-bond acceptors (Lipinski definition) is 7. The molecular weight excluding hydrogens is 774 g/mol. The van der Waals surface area contributed by atoms with Crippen LogP contribution in [0.3, 0.4) is 0 Å². The van der Waals surface area contributed by atoms with Crippen molar-refractivity contribution in [3.8, 4) is 0 Å². The number of esters is 2. The van der Waals surface area contributed by atoms with Crippen LogP contribution in [0.2, 0.25) is 0 Å². The fourth-order valence-electron chi connectivity index (χ4n) is 5.47. The van der Waals surface area contributed by atoms with Crippen molar-refractivity contribution in [2.45, 2.75) is 200 Å². The molecule has 0 bridgehead atoms. The molecule has 0 aromatic heterocycles. The van der Waals surface area contributed by atoms with Gasteiger partial charge in [-0.3, -0.25) is 18.9 Å². The molecule has 0 amide bonds. The molecule has 2 N–H and O–H groups in total. The first-order valence-corrected chi connectivity index (χ1v) is 21.0. The molecule has 9 nitrogen and oxygen atoms in total. The molecule has 0 aromatic carbocycles. The Labute approximate surface area is 347 Å². The molecule has 0 rings (SSSR count). The molecule has 3 atom stereocenters. The molecule has 0 spiro atoms. The average molecular weight is 852 g/mol. The van der Waals surface area contributed by atoms with Crippen molar-refractivity contribution in [3.05, 3.63) is 0 Å². The van der Waals surface area contributed by atoms with Gasteiger partial charge in [-0.05, 0) is 31.1 Å². The van der Waals surface area contributed by atoms with E-state index in [0.29, 0.717) is 6.42 Å². The molecule has 0 fully saturated rings. The van der Waals surface area contributed by atoms with Gasteiger partial charge in [0.2, 0.25) is 0 Å². The quantitative estimate of drug-likeness (QED) is 0.0328. The number of unbranched alkanes of at least 4 members (excludes halogenated alkanes) is 16. The fourth-order valence-corrected chi connectivity index (χ4v) is 6.13. The first kappa shape index (κ1) is 56.9. The summed E-state index contributed by atoms with van der Waals surface area (Å²) in [5.41, 5.74) is 0. The Balaban J connectivity index is -0.000000274. The van der Waals surface area contributed by atoms with Gasteiger partial charge in [0, 0.05) is 6.42 Å². The number of carboxylic acid groups (broad SMARTS) is 1. The maximum absolute atomic E-state index is 12.2. The molecule has 50 heavy (non-hydrogen) atoms. The Morgan fingerprint density at radius 1 is 0.600 bits per heavy atom. The van der Waals surface area contributed by atoms with Gasteiger partial charge >= 0.3 is 71.4 Å². The zero-order valence-electron chi connectivity index (χ0n) is 34.2. The van der Waals surface area contributed by atoms with Crippen molar-refractivity contribution < 1.29 is 72.9 Å². The first-order valence-electron chi connectivity index (χ1n) is 19.5. The van der Waals surface area contributed by atoms with Crippen molar-refractivity contribution >= 4 is 51.9 Å². The third-order valence-electron chi connectivity index (χ3n) is 9.00. The molecule has 0 aliphatic carbocycles. The zero-order valence-corrected chi connectivity index (χ0v) is 40.0. The second-order valence-electron chi connectivity index (χ2n) is 13.4. The third-order valence-corrected chi connectivity index (χ3v) is 10.1. The number of rotatable bonds is 32. The second kappa shape index (κ2) is 40.3. The summed E-state index contributed by atoms with van der Waals surface area (Å²) in [7, 11) is -4.76. The van der Waals surface area contributed by atoms with E-state index in [0.717, 1.165) is 64.2 Å². The topological polar surface area (TPSA) is 144 Å². The van der Waals surface area contributed by atoms with Crippen LogP contribution in [0.4, 0.5) is 0 Å². The molecule has 0 saturated carbocycles. The average Bonchev–Trinajstić information content (AvgIpc) is 3.05. The van der Waals surface area contributed by atoms with Crippen LogP contribution < -0.4 is 29.6 Å². The van der Waals surface area contributed by atoms with Crippen LogP contribution >= 0.6 is 0 Å². The van der Waals surface area contributed by atoms with E-state index >= 15 is 0 Å². The fraction of sp³-hybridized carbons (Fsp3) is 0.921. The van der Waals surface area contributed by atoms with Crippen LogP contribution in [0.25, 0.3) is 0 Å². The summed E-state index contributed by atoms with van der Waals surface area (Å²) in [6.07, 6.45) is 26.9. The van der Waals surface area contributed by atoms with Crippen molar-refractivity contribution in [2.75, 3.05) is 13.2 Å². The van der Waals surface area contributed by atoms with E-state index in [4.69, 9.17) is 14.6 Å². The van der Waals surface area contributed by atoms with Crippen LogP contribution in [0, 0.1) is 11.8 Å². The summed E-state index contributed by atoms with van der Waals surface area (Å²) in [5, 5.41) is 6.57. The van der Waals surface area contributed by atoms with Crippen molar-refractivity contribution in [2.24, 2.45) is 11.8 Å². The number of carbonyl (C=O) groups is 3. The van der Waals surface area contributed by atoms with E-state index in [2.05, 4.69) is 20.8 Å². The van der Waals surface area contributed by atoms with E-state index in [1.807, 2.05) is 13.8 Å². The predicted octanol–water partition coefficient (Wildman–Crippen LogP) is 6.68. The predicted molar refractivity (Wildman–Crippen MR) is 205 cm³/mol. The molecule has 3 unspecified atom stereocenters. The van der Waals surface area contributed by atoms with Gasteiger partial charge in [0.1, 0.15) is 0 Å². The minimum atomic E-state index is -4.76. The maximum atomic E-state index is 12.2. The van der Waals surface area contributed by atoms with Gasteiger partial charge in [-0.25, -0.2) is 0 Å². The SMILES string of the molecule is CCCCC(CC)COC(=O)CC(C(=O)OCC(CC)CCCC)S(=O)(=O)O.CCCCCCCCCCCCCCCCCC(=O)O.[H-].[Na+].[SnH2]. The van der Waals surface area contributed by atoms with Gasteiger partial charge in [-0.15, -0.1) is 0 Å². The van der Waals surface area contributed by atoms with Crippen molar-refractivity contribution in [1.29, 1.82) is 0 Å². The van der Waals surface area contributed by atoms with Crippen molar-refractivity contribution in [3.63, 3.8) is 0 Å². The normalized spacial score (nSPS) is 12.7. The van der Waals surface area contributed by atoms with Gasteiger partial charge in [-0.2, -0.15) is 8.42 Å². The molecule has 0 aliphatic heterocycles. The number of aliphatic carboxylic acids is 1. The summed E-state index contributed by atoms with van der Waals surface area (Å²) in [6.45, 7) is 10.6. The Morgan fingerprint density at radius 2 is 0.960 bits per heavy atom. The van der Waals surface area contributed by atoms with E-state index in [9.17, 15) is 27.4 Å². The standard InChI is InChI=1S/C20H38O7S.C18H36O2.Na.Sn.3H/c1-5-9-11-16(7-3)14-26-19(21)13-18(28(23,24)25)20(22)27-15-17(8-4)12-10-6-2;1-2-3-4-5-6-7-8-9-10-11-12-13-14-15-16-17-18(19)20;;;;;/h16-18H,5-15H2,1-4H3,(H,23,24,25);2-17H2,1H3,(H,19,20);;;;;/q;;+1;;;;-1. The second-order valence-corrected chi connectivity index (χ2v) is 15.0. The van der Waals surface area contributed by atoms with Gasteiger partial charge in [0.25, 0.3) is 10.1 Å². The molecular formula is C38H77NaO9SSn. The van der Waals surface area contributed by atoms with E-state index < -0.39 is 39.7 Å².